The third-order valence-electron chi connectivity index (χ3n) is 2.51. The van der Waals surface area contributed by atoms with Gasteiger partial charge in [0.05, 0.1) is 0 Å². The van der Waals surface area contributed by atoms with Gasteiger partial charge in [-0.05, 0) is 16.5 Å². The number of nitrogens with one attached hydrogen (secondary N) is 1. The Hall–Kier alpha value is -1.35. The maximum Gasteiger partial charge on any atom is 0.220 e. The lowest BCUT2D eigenvalue weighted by Gasteiger charge is -2.17. The van der Waals surface area contributed by atoms with Crippen LogP contribution in [0.3, 0.4) is 0 Å². The summed E-state index contributed by atoms with van der Waals surface area (Å²) in [5.74, 6) is 0.0873. The Morgan fingerprint density at radius 3 is 2.35 bits per heavy atom. The maximum atomic E-state index is 11.7. The van der Waals surface area contributed by atoms with Gasteiger partial charge in [0.15, 0.2) is 0 Å². The van der Waals surface area contributed by atoms with E-state index >= 15 is 0 Å². The van der Waals surface area contributed by atoms with E-state index in [1.807, 2.05) is 24.3 Å². The standard InChI is InChI=1S/C14H22N2O/c1-14(2,3)8-13(17)16-10-12-7-5-4-6-11(12)9-15/h4-7H,8-10,15H2,1-3H3,(H,16,17). The van der Waals surface area contributed by atoms with Gasteiger partial charge < -0.3 is 11.1 Å². The Morgan fingerprint density at radius 1 is 1.24 bits per heavy atom. The van der Waals surface area contributed by atoms with Crippen molar-refractivity contribution >= 4 is 5.91 Å². The zero-order chi connectivity index (χ0) is 12.9. The summed E-state index contributed by atoms with van der Waals surface area (Å²) in [6.07, 6.45) is 0.539. The topological polar surface area (TPSA) is 55.1 Å². The van der Waals surface area contributed by atoms with Crippen molar-refractivity contribution in [3.05, 3.63) is 35.4 Å². The summed E-state index contributed by atoms with van der Waals surface area (Å²) < 4.78 is 0. The second-order valence-corrected chi connectivity index (χ2v) is 5.49. The molecule has 0 bridgehead atoms. The fourth-order valence-electron chi connectivity index (χ4n) is 1.67. The van der Waals surface area contributed by atoms with Gasteiger partial charge in [-0.1, -0.05) is 45.0 Å². The van der Waals surface area contributed by atoms with Crippen molar-refractivity contribution in [3.8, 4) is 0 Å². The number of rotatable bonds is 4. The zero-order valence-electron chi connectivity index (χ0n) is 10.9. The third kappa shape index (κ3) is 5.00. The molecule has 3 nitrogen and oxygen atoms in total. The first-order chi connectivity index (χ1) is 7.92. The minimum absolute atomic E-state index is 0.0253. The predicted molar refractivity (Wildman–Crippen MR) is 70.3 cm³/mol. The molecule has 0 aliphatic heterocycles. The molecule has 1 aromatic carbocycles. The van der Waals surface area contributed by atoms with Gasteiger partial charge in [-0.3, -0.25) is 4.79 Å². The number of nitrogens with two attached hydrogens (primary N) is 1. The lowest BCUT2D eigenvalue weighted by Crippen LogP contribution is -2.27. The van der Waals surface area contributed by atoms with E-state index in [-0.39, 0.29) is 11.3 Å². The van der Waals surface area contributed by atoms with E-state index in [0.29, 0.717) is 19.5 Å². The average molecular weight is 234 g/mol. The molecule has 1 rings (SSSR count). The van der Waals surface area contributed by atoms with Crippen LogP contribution in [0.1, 0.15) is 38.3 Å². The molecule has 0 radical (unpaired) electrons. The van der Waals surface area contributed by atoms with Gasteiger partial charge in [0.25, 0.3) is 0 Å². The van der Waals surface area contributed by atoms with Crippen LogP contribution in [0, 0.1) is 5.41 Å². The summed E-state index contributed by atoms with van der Waals surface area (Å²) in [4.78, 5) is 11.7. The SMILES string of the molecule is CC(C)(C)CC(=O)NCc1ccccc1CN. The summed E-state index contributed by atoms with van der Waals surface area (Å²) in [5, 5.41) is 2.94. The van der Waals surface area contributed by atoms with Crippen molar-refractivity contribution in [2.45, 2.75) is 40.3 Å². The molecular formula is C14H22N2O. The van der Waals surface area contributed by atoms with E-state index in [4.69, 9.17) is 5.73 Å². The van der Waals surface area contributed by atoms with Gasteiger partial charge >= 0.3 is 0 Å². The third-order valence-corrected chi connectivity index (χ3v) is 2.51. The van der Waals surface area contributed by atoms with Crippen LogP contribution in [-0.2, 0) is 17.9 Å². The molecule has 0 aliphatic carbocycles. The number of carbonyl (C=O) groups excluding carboxylic acids is 1. The van der Waals surface area contributed by atoms with Crippen molar-refractivity contribution in [2.24, 2.45) is 11.1 Å². The van der Waals surface area contributed by atoms with Crippen molar-refractivity contribution in [1.82, 2.24) is 5.32 Å². The number of hydrogen-bond donors (Lipinski definition) is 2. The monoisotopic (exact) mass is 234 g/mol. The van der Waals surface area contributed by atoms with E-state index in [2.05, 4.69) is 26.1 Å². The first-order valence-corrected chi connectivity index (χ1v) is 5.96. The summed E-state index contributed by atoms with van der Waals surface area (Å²) in [5.41, 5.74) is 7.85. The molecule has 0 atom stereocenters. The summed E-state index contributed by atoms with van der Waals surface area (Å²) in [6, 6.07) is 7.91. The number of amides is 1. The van der Waals surface area contributed by atoms with Crippen LogP contribution < -0.4 is 11.1 Å². The average Bonchev–Trinajstić information content (AvgIpc) is 2.24. The molecule has 0 aliphatic rings. The second kappa shape index (κ2) is 5.82. The number of hydrogen-bond acceptors (Lipinski definition) is 2. The van der Waals surface area contributed by atoms with Crippen molar-refractivity contribution in [1.29, 1.82) is 0 Å². The Morgan fingerprint density at radius 2 is 1.82 bits per heavy atom. The molecule has 0 spiro atoms. The van der Waals surface area contributed by atoms with Gasteiger partial charge in [-0.2, -0.15) is 0 Å². The highest BCUT2D eigenvalue weighted by molar-refractivity contribution is 5.76. The van der Waals surface area contributed by atoms with E-state index in [9.17, 15) is 4.79 Å². The highest BCUT2D eigenvalue weighted by atomic mass is 16.1. The van der Waals surface area contributed by atoms with Crippen molar-refractivity contribution in [2.75, 3.05) is 0 Å². The highest BCUT2D eigenvalue weighted by Gasteiger charge is 2.15. The summed E-state index contributed by atoms with van der Waals surface area (Å²) in [6.45, 7) is 7.23. The van der Waals surface area contributed by atoms with Gasteiger partial charge in [0.1, 0.15) is 0 Å². The fraction of sp³-hybridized carbons (Fsp3) is 0.500. The molecule has 0 unspecified atom stereocenters. The fourth-order valence-corrected chi connectivity index (χ4v) is 1.67. The Kier molecular flexibility index (Phi) is 4.70. The van der Waals surface area contributed by atoms with Crippen molar-refractivity contribution in [3.63, 3.8) is 0 Å². The zero-order valence-corrected chi connectivity index (χ0v) is 10.9. The lowest BCUT2D eigenvalue weighted by molar-refractivity contribution is -0.122. The molecule has 1 aromatic rings. The van der Waals surface area contributed by atoms with Crippen LogP contribution in [0.25, 0.3) is 0 Å². The van der Waals surface area contributed by atoms with Crippen LogP contribution in [-0.4, -0.2) is 5.91 Å². The van der Waals surface area contributed by atoms with Gasteiger partial charge in [-0.15, -0.1) is 0 Å². The molecule has 0 aromatic heterocycles. The number of carbonyl (C=O) groups is 1. The van der Waals surface area contributed by atoms with Crippen LogP contribution in [0.5, 0.6) is 0 Å². The molecular weight excluding hydrogens is 212 g/mol. The first-order valence-electron chi connectivity index (χ1n) is 5.96. The smallest absolute Gasteiger partial charge is 0.220 e. The normalized spacial score (nSPS) is 11.3. The first kappa shape index (κ1) is 13.7. The van der Waals surface area contributed by atoms with Crippen LogP contribution in [0.15, 0.2) is 24.3 Å². The van der Waals surface area contributed by atoms with Crippen LogP contribution in [0.4, 0.5) is 0 Å². The Bertz CT molecular complexity index is 380. The maximum absolute atomic E-state index is 11.7. The second-order valence-electron chi connectivity index (χ2n) is 5.49. The van der Waals surface area contributed by atoms with Gasteiger partial charge in [0.2, 0.25) is 5.91 Å². The van der Waals surface area contributed by atoms with E-state index in [1.54, 1.807) is 0 Å². The molecule has 1 amide bonds. The summed E-state index contributed by atoms with van der Waals surface area (Å²) in [7, 11) is 0. The van der Waals surface area contributed by atoms with Crippen molar-refractivity contribution < 1.29 is 4.79 Å². The van der Waals surface area contributed by atoms with Gasteiger partial charge in [-0.25, -0.2) is 0 Å². The Labute approximate surface area is 103 Å². The molecule has 3 heteroatoms. The molecule has 3 N–H and O–H groups in total. The molecule has 0 fully saturated rings. The predicted octanol–water partition coefficient (Wildman–Crippen LogP) is 2.20. The van der Waals surface area contributed by atoms with E-state index < -0.39 is 0 Å². The molecule has 0 heterocycles. The minimum atomic E-state index is 0.0253. The molecule has 0 saturated carbocycles. The largest absolute Gasteiger partial charge is 0.352 e. The molecule has 17 heavy (non-hydrogen) atoms. The minimum Gasteiger partial charge on any atom is -0.352 e. The van der Waals surface area contributed by atoms with Gasteiger partial charge in [0, 0.05) is 19.5 Å². The Balaban J connectivity index is 2.53. The molecule has 0 saturated heterocycles. The summed E-state index contributed by atoms with van der Waals surface area (Å²) >= 11 is 0. The number of benzene rings is 1. The molecule has 94 valence electrons. The lowest BCUT2D eigenvalue weighted by atomic mass is 9.92. The quantitative estimate of drug-likeness (QED) is 0.839. The van der Waals surface area contributed by atoms with Crippen LogP contribution >= 0.6 is 0 Å². The van der Waals surface area contributed by atoms with E-state index in [0.717, 1.165) is 11.1 Å². The highest BCUT2D eigenvalue weighted by Crippen LogP contribution is 2.18. The van der Waals surface area contributed by atoms with E-state index in [1.165, 1.54) is 0 Å². The van der Waals surface area contributed by atoms with Crippen LogP contribution in [0.2, 0.25) is 0 Å².